The van der Waals surface area contributed by atoms with Gasteiger partial charge in [-0.3, -0.25) is 4.79 Å². The number of thiophene rings is 1. The van der Waals surface area contributed by atoms with Crippen molar-refractivity contribution in [2.45, 2.75) is 12.8 Å². The van der Waals surface area contributed by atoms with E-state index < -0.39 is 0 Å². The highest BCUT2D eigenvalue weighted by molar-refractivity contribution is 7.09. The van der Waals surface area contributed by atoms with E-state index in [1.165, 1.54) is 4.88 Å². The molecule has 0 saturated carbocycles. The van der Waals surface area contributed by atoms with Crippen molar-refractivity contribution >= 4 is 17.2 Å². The maximum Gasteiger partial charge on any atom is 0.223 e. The Morgan fingerprint density at radius 2 is 2.00 bits per heavy atom. The summed E-state index contributed by atoms with van der Waals surface area (Å²) < 4.78 is 5.47. The molecule has 4 heteroatoms. The molecule has 0 unspecified atom stereocenters. The van der Waals surface area contributed by atoms with Gasteiger partial charge in [0.1, 0.15) is 5.75 Å². The molecule has 0 radical (unpaired) electrons. The lowest BCUT2D eigenvalue weighted by Crippen LogP contribution is -2.26. The maximum atomic E-state index is 11.6. The van der Waals surface area contributed by atoms with E-state index >= 15 is 0 Å². The molecule has 0 atom stereocenters. The Hall–Kier alpha value is -1.81. The van der Waals surface area contributed by atoms with Gasteiger partial charge >= 0.3 is 0 Å². The van der Waals surface area contributed by atoms with Crippen molar-refractivity contribution in [2.75, 3.05) is 13.2 Å². The van der Waals surface area contributed by atoms with Crippen LogP contribution in [0.25, 0.3) is 0 Å². The van der Waals surface area contributed by atoms with E-state index in [0.29, 0.717) is 19.6 Å². The highest BCUT2D eigenvalue weighted by Crippen LogP contribution is 2.09. The fourth-order valence-corrected chi connectivity index (χ4v) is 2.36. The molecule has 1 amide bonds. The second-order valence-electron chi connectivity index (χ2n) is 4.09. The lowest BCUT2D eigenvalue weighted by molar-refractivity contribution is -0.121. The first-order valence-corrected chi connectivity index (χ1v) is 7.19. The van der Waals surface area contributed by atoms with Gasteiger partial charge in [0.15, 0.2) is 0 Å². The van der Waals surface area contributed by atoms with Crippen LogP contribution in [0.2, 0.25) is 0 Å². The minimum atomic E-state index is 0.0347. The summed E-state index contributed by atoms with van der Waals surface area (Å²) in [7, 11) is 0. The molecule has 1 aromatic carbocycles. The van der Waals surface area contributed by atoms with Crippen molar-refractivity contribution in [1.29, 1.82) is 0 Å². The third-order valence-electron chi connectivity index (χ3n) is 2.61. The van der Waals surface area contributed by atoms with Crippen LogP contribution in [0.5, 0.6) is 5.75 Å². The summed E-state index contributed by atoms with van der Waals surface area (Å²) in [4.78, 5) is 12.9. The number of rotatable bonds is 7. The topological polar surface area (TPSA) is 38.3 Å². The van der Waals surface area contributed by atoms with Crippen molar-refractivity contribution < 1.29 is 9.53 Å². The summed E-state index contributed by atoms with van der Waals surface area (Å²) in [6.07, 6.45) is 1.28. The normalized spacial score (nSPS) is 10.1. The zero-order valence-corrected chi connectivity index (χ0v) is 11.5. The van der Waals surface area contributed by atoms with Crippen LogP contribution in [-0.2, 0) is 11.2 Å². The van der Waals surface area contributed by atoms with E-state index in [-0.39, 0.29) is 5.91 Å². The Kier molecular flexibility index (Phi) is 5.44. The van der Waals surface area contributed by atoms with Gasteiger partial charge in [0, 0.05) is 11.4 Å². The zero-order valence-electron chi connectivity index (χ0n) is 10.7. The van der Waals surface area contributed by atoms with E-state index in [1.807, 2.05) is 41.8 Å². The standard InChI is InChI=1S/C15H17NO2S/c17-15(16-10-8-14-7-4-12-19-14)9-11-18-13-5-2-1-3-6-13/h1-7,12H,8-11H2,(H,16,17). The first-order chi connectivity index (χ1) is 9.34. The molecule has 100 valence electrons. The largest absolute Gasteiger partial charge is 0.493 e. The van der Waals surface area contributed by atoms with Gasteiger partial charge in [-0.05, 0) is 30.0 Å². The van der Waals surface area contributed by atoms with E-state index in [4.69, 9.17) is 4.74 Å². The van der Waals surface area contributed by atoms with Crippen molar-refractivity contribution in [2.24, 2.45) is 0 Å². The SMILES string of the molecule is O=C(CCOc1ccccc1)NCCc1cccs1. The zero-order chi connectivity index (χ0) is 13.3. The van der Waals surface area contributed by atoms with Crippen molar-refractivity contribution in [1.82, 2.24) is 5.32 Å². The first-order valence-electron chi connectivity index (χ1n) is 6.31. The number of nitrogens with one attached hydrogen (secondary N) is 1. The minimum absolute atomic E-state index is 0.0347. The van der Waals surface area contributed by atoms with Crippen molar-refractivity contribution in [3.63, 3.8) is 0 Å². The van der Waals surface area contributed by atoms with Gasteiger partial charge < -0.3 is 10.1 Å². The Morgan fingerprint density at radius 1 is 1.16 bits per heavy atom. The van der Waals surface area contributed by atoms with E-state index in [2.05, 4.69) is 11.4 Å². The molecule has 1 N–H and O–H groups in total. The average molecular weight is 275 g/mol. The summed E-state index contributed by atoms with van der Waals surface area (Å²) in [6, 6.07) is 13.6. The minimum Gasteiger partial charge on any atom is -0.493 e. The smallest absolute Gasteiger partial charge is 0.223 e. The van der Waals surface area contributed by atoms with Crippen LogP contribution in [0.4, 0.5) is 0 Å². The van der Waals surface area contributed by atoms with Crippen LogP contribution in [0.3, 0.4) is 0 Å². The highest BCUT2D eigenvalue weighted by Gasteiger charge is 2.02. The lowest BCUT2D eigenvalue weighted by atomic mass is 10.3. The van der Waals surface area contributed by atoms with Gasteiger partial charge in [-0.15, -0.1) is 11.3 Å². The average Bonchev–Trinajstić information content (AvgIpc) is 2.93. The Bertz CT molecular complexity index is 482. The summed E-state index contributed by atoms with van der Waals surface area (Å²) >= 11 is 1.71. The third kappa shape index (κ3) is 5.14. The second kappa shape index (κ2) is 7.59. The van der Waals surface area contributed by atoms with Crippen LogP contribution in [0.1, 0.15) is 11.3 Å². The molecule has 0 bridgehead atoms. The molecule has 2 rings (SSSR count). The predicted molar refractivity (Wildman–Crippen MR) is 77.6 cm³/mol. The summed E-state index contributed by atoms with van der Waals surface area (Å²) in [5.74, 6) is 0.835. The molecule has 0 aliphatic heterocycles. The molecule has 0 fully saturated rings. The van der Waals surface area contributed by atoms with Crippen LogP contribution < -0.4 is 10.1 Å². The van der Waals surface area contributed by atoms with Gasteiger partial charge in [0.2, 0.25) is 5.91 Å². The van der Waals surface area contributed by atoms with Crippen LogP contribution in [0.15, 0.2) is 47.8 Å². The predicted octanol–water partition coefficient (Wildman–Crippen LogP) is 2.88. The van der Waals surface area contributed by atoms with Crippen LogP contribution >= 0.6 is 11.3 Å². The van der Waals surface area contributed by atoms with Crippen LogP contribution in [0, 0.1) is 0 Å². The van der Waals surface area contributed by atoms with Crippen molar-refractivity contribution in [3.8, 4) is 5.75 Å². The molecule has 0 aliphatic rings. The molecule has 3 nitrogen and oxygen atoms in total. The summed E-state index contributed by atoms with van der Waals surface area (Å²) in [5, 5.41) is 4.94. The fourth-order valence-electron chi connectivity index (χ4n) is 1.65. The van der Waals surface area contributed by atoms with Gasteiger partial charge in [-0.25, -0.2) is 0 Å². The molecule has 2 aromatic rings. The summed E-state index contributed by atoms with van der Waals surface area (Å²) in [6.45, 7) is 1.10. The van der Waals surface area contributed by atoms with E-state index in [0.717, 1.165) is 12.2 Å². The molecule has 1 heterocycles. The highest BCUT2D eigenvalue weighted by atomic mass is 32.1. The van der Waals surface area contributed by atoms with Crippen molar-refractivity contribution in [3.05, 3.63) is 52.7 Å². The lowest BCUT2D eigenvalue weighted by Gasteiger charge is -2.06. The number of hydrogen-bond donors (Lipinski definition) is 1. The molecular formula is C15H17NO2S. The fraction of sp³-hybridized carbons (Fsp3) is 0.267. The van der Waals surface area contributed by atoms with Gasteiger partial charge in [-0.2, -0.15) is 0 Å². The number of ether oxygens (including phenoxy) is 1. The second-order valence-corrected chi connectivity index (χ2v) is 5.12. The monoisotopic (exact) mass is 275 g/mol. The Labute approximate surface area is 117 Å². The maximum absolute atomic E-state index is 11.6. The molecule has 19 heavy (non-hydrogen) atoms. The molecule has 1 aromatic heterocycles. The first kappa shape index (κ1) is 13.6. The van der Waals surface area contributed by atoms with Crippen LogP contribution in [-0.4, -0.2) is 19.1 Å². The summed E-state index contributed by atoms with van der Waals surface area (Å²) in [5.41, 5.74) is 0. The third-order valence-corrected chi connectivity index (χ3v) is 3.55. The van der Waals surface area contributed by atoms with E-state index in [1.54, 1.807) is 11.3 Å². The van der Waals surface area contributed by atoms with Gasteiger partial charge in [0.25, 0.3) is 0 Å². The van der Waals surface area contributed by atoms with Gasteiger partial charge in [0.05, 0.1) is 13.0 Å². The Morgan fingerprint density at radius 3 is 2.74 bits per heavy atom. The molecule has 0 saturated heterocycles. The number of para-hydroxylation sites is 1. The molecular weight excluding hydrogens is 258 g/mol. The number of carbonyl (C=O) groups is 1. The molecule has 0 spiro atoms. The molecule has 0 aliphatic carbocycles. The number of benzene rings is 1. The number of hydrogen-bond acceptors (Lipinski definition) is 3. The number of amides is 1. The Balaban J connectivity index is 1.57. The van der Waals surface area contributed by atoms with E-state index in [9.17, 15) is 4.79 Å². The number of carbonyl (C=O) groups excluding carboxylic acids is 1. The van der Waals surface area contributed by atoms with Gasteiger partial charge in [-0.1, -0.05) is 24.3 Å². The quantitative estimate of drug-likeness (QED) is 0.844.